The molecule has 0 radical (unpaired) electrons. The molecule has 0 unspecified atom stereocenters. The zero-order chi connectivity index (χ0) is 20.6. The Hall–Kier alpha value is -1.79. The summed E-state index contributed by atoms with van der Waals surface area (Å²) in [5.41, 5.74) is 0.801. The van der Waals surface area contributed by atoms with E-state index >= 15 is 0 Å². The molecule has 0 atom stereocenters. The minimum Gasteiger partial charge on any atom is -0.468 e. The molecule has 0 aromatic carbocycles. The lowest BCUT2D eigenvalue weighted by atomic mass is 9.93. The number of nitrogens with zero attached hydrogens (tertiary/aromatic N) is 3. The van der Waals surface area contributed by atoms with Crippen molar-refractivity contribution in [3.05, 3.63) is 23.9 Å². The Balaban J connectivity index is 0.00000420. The summed E-state index contributed by atoms with van der Waals surface area (Å²) in [5.74, 6) is 1.12. The number of hydrogen-bond donors (Lipinski definition) is 2. The van der Waals surface area contributed by atoms with Crippen molar-refractivity contribution in [2.75, 3.05) is 33.8 Å². The number of ether oxygens (including phenoxy) is 1. The van der Waals surface area contributed by atoms with Gasteiger partial charge in [-0.2, -0.15) is 13.2 Å². The van der Waals surface area contributed by atoms with Gasteiger partial charge in [-0.3, -0.25) is 9.79 Å². The highest BCUT2D eigenvalue weighted by Crippen LogP contribution is 2.20. The molecule has 2 heterocycles. The molecular formula is C18H27F3IN5O2. The number of aromatic nitrogens is 1. The number of amides is 1. The topological polar surface area (TPSA) is 78.9 Å². The molecule has 1 aromatic rings. The van der Waals surface area contributed by atoms with E-state index in [9.17, 15) is 18.0 Å². The van der Waals surface area contributed by atoms with Crippen molar-refractivity contribution in [2.24, 2.45) is 10.9 Å². The van der Waals surface area contributed by atoms with Crippen molar-refractivity contribution in [3.8, 4) is 5.88 Å². The maximum Gasteiger partial charge on any atom is 0.422 e. The van der Waals surface area contributed by atoms with Gasteiger partial charge in [-0.05, 0) is 24.3 Å². The van der Waals surface area contributed by atoms with Crippen LogP contribution >= 0.6 is 24.0 Å². The molecule has 1 aliphatic rings. The quantitative estimate of drug-likeness (QED) is 0.337. The monoisotopic (exact) mass is 529 g/mol. The molecule has 1 aromatic heterocycles. The van der Waals surface area contributed by atoms with Gasteiger partial charge in [0.1, 0.15) is 0 Å². The molecule has 0 bridgehead atoms. The largest absolute Gasteiger partial charge is 0.468 e. The number of rotatable bonds is 6. The predicted molar refractivity (Wildman–Crippen MR) is 114 cm³/mol. The minimum absolute atomic E-state index is 0. The molecule has 7 nitrogen and oxygen atoms in total. The molecule has 0 aliphatic carbocycles. The maximum atomic E-state index is 12.2. The zero-order valence-corrected chi connectivity index (χ0v) is 18.8. The Morgan fingerprint density at radius 1 is 1.34 bits per heavy atom. The standard InChI is InChI=1S/C18H26F3N5O2.HI/c1-22-15(27)9-13-5-7-26(8-6-13)17(23-2)25-11-14-3-4-16(24-10-14)28-12-18(19,20)21;/h3-4,10,13H,5-9,11-12H2,1-2H3,(H,22,27)(H,23,25);1H. The van der Waals surface area contributed by atoms with Gasteiger partial charge in [0.2, 0.25) is 11.8 Å². The maximum absolute atomic E-state index is 12.2. The van der Waals surface area contributed by atoms with E-state index in [-0.39, 0.29) is 35.8 Å². The Morgan fingerprint density at radius 3 is 2.55 bits per heavy atom. The van der Waals surface area contributed by atoms with Crippen molar-refractivity contribution in [1.82, 2.24) is 20.5 Å². The van der Waals surface area contributed by atoms with Gasteiger partial charge in [-0.1, -0.05) is 6.07 Å². The molecule has 1 fully saturated rings. The van der Waals surface area contributed by atoms with E-state index < -0.39 is 12.8 Å². The van der Waals surface area contributed by atoms with E-state index in [1.165, 1.54) is 12.3 Å². The summed E-state index contributed by atoms with van der Waals surface area (Å²) in [6.45, 7) is 0.700. The molecule has 1 saturated heterocycles. The number of halogens is 4. The number of guanidine groups is 1. The number of piperidine rings is 1. The number of aliphatic imine (C=N–C) groups is 1. The number of carbonyl (C=O) groups excluding carboxylic acids is 1. The predicted octanol–water partition coefficient (Wildman–Crippen LogP) is 2.56. The van der Waals surface area contributed by atoms with Crippen LogP contribution in [0.3, 0.4) is 0 Å². The van der Waals surface area contributed by atoms with Gasteiger partial charge in [0.15, 0.2) is 12.6 Å². The van der Waals surface area contributed by atoms with Gasteiger partial charge in [0, 0.05) is 52.4 Å². The highest BCUT2D eigenvalue weighted by atomic mass is 127. The first-order valence-corrected chi connectivity index (χ1v) is 9.11. The van der Waals surface area contributed by atoms with E-state index in [0.29, 0.717) is 18.9 Å². The molecule has 1 aliphatic heterocycles. The number of nitrogens with one attached hydrogen (secondary N) is 2. The summed E-state index contributed by atoms with van der Waals surface area (Å²) in [7, 11) is 3.35. The number of alkyl halides is 3. The Labute approximate surface area is 185 Å². The summed E-state index contributed by atoms with van der Waals surface area (Å²) in [6.07, 6.45) is -0.531. The number of pyridine rings is 1. The highest BCUT2D eigenvalue weighted by molar-refractivity contribution is 14.0. The third-order valence-corrected chi connectivity index (χ3v) is 4.51. The Bertz CT molecular complexity index is 662. The van der Waals surface area contributed by atoms with Crippen LogP contribution < -0.4 is 15.4 Å². The molecule has 29 heavy (non-hydrogen) atoms. The van der Waals surface area contributed by atoms with Crippen LogP contribution in [0, 0.1) is 5.92 Å². The molecular weight excluding hydrogens is 502 g/mol. The highest BCUT2D eigenvalue weighted by Gasteiger charge is 2.28. The van der Waals surface area contributed by atoms with Crippen molar-refractivity contribution in [3.63, 3.8) is 0 Å². The number of carbonyl (C=O) groups is 1. The van der Waals surface area contributed by atoms with Crippen LogP contribution in [0.4, 0.5) is 13.2 Å². The second-order valence-electron chi connectivity index (χ2n) is 6.62. The fourth-order valence-electron chi connectivity index (χ4n) is 2.98. The van der Waals surface area contributed by atoms with Crippen LogP contribution in [-0.4, -0.2) is 61.7 Å². The van der Waals surface area contributed by atoms with E-state index in [1.54, 1.807) is 20.2 Å². The third-order valence-electron chi connectivity index (χ3n) is 4.51. The molecule has 164 valence electrons. The van der Waals surface area contributed by atoms with Crippen LogP contribution in [0.25, 0.3) is 0 Å². The SMILES string of the molecule is CN=C(NCc1ccc(OCC(F)(F)F)nc1)N1CCC(CC(=O)NC)CC1.I. The lowest BCUT2D eigenvalue weighted by Crippen LogP contribution is -2.45. The van der Waals surface area contributed by atoms with E-state index in [2.05, 4.69) is 30.2 Å². The first kappa shape index (κ1) is 25.2. The summed E-state index contributed by atoms with van der Waals surface area (Å²) in [6, 6.07) is 3.07. The molecule has 0 saturated carbocycles. The second kappa shape index (κ2) is 12.0. The number of likely N-dealkylation sites (tertiary alicyclic amines) is 1. The van der Waals surface area contributed by atoms with E-state index in [0.717, 1.165) is 37.5 Å². The second-order valence-corrected chi connectivity index (χ2v) is 6.62. The molecule has 2 N–H and O–H groups in total. The number of hydrogen-bond acceptors (Lipinski definition) is 4. The van der Waals surface area contributed by atoms with Gasteiger partial charge in [0.25, 0.3) is 0 Å². The smallest absolute Gasteiger partial charge is 0.422 e. The van der Waals surface area contributed by atoms with Crippen LogP contribution in [-0.2, 0) is 11.3 Å². The van der Waals surface area contributed by atoms with Gasteiger partial charge < -0.3 is 20.3 Å². The van der Waals surface area contributed by atoms with Crippen molar-refractivity contribution in [2.45, 2.75) is 32.0 Å². The molecule has 1 amide bonds. The average Bonchev–Trinajstić information content (AvgIpc) is 2.68. The summed E-state index contributed by atoms with van der Waals surface area (Å²) in [5, 5.41) is 5.89. The Morgan fingerprint density at radius 2 is 2.03 bits per heavy atom. The first-order valence-electron chi connectivity index (χ1n) is 9.11. The van der Waals surface area contributed by atoms with Gasteiger partial charge >= 0.3 is 6.18 Å². The minimum atomic E-state index is -4.39. The summed E-state index contributed by atoms with van der Waals surface area (Å²) >= 11 is 0. The van der Waals surface area contributed by atoms with Crippen LogP contribution in [0.1, 0.15) is 24.8 Å². The fraction of sp³-hybridized carbons (Fsp3) is 0.611. The van der Waals surface area contributed by atoms with Gasteiger partial charge in [-0.15, -0.1) is 24.0 Å². The van der Waals surface area contributed by atoms with Crippen molar-refractivity contribution < 1.29 is 22.7 Å². The summed E-state index contributed by atoms with van der Waals surface area (Å²) < 4.78 is 41.0. The normalized spacial score (nSPS) is 15.5. The zero-order valence-electron chi connectivity index (χ0n) is 16.5. The van der Waals surface area contributed by atoms with Gasteiger partial charge in [0.05, 0.1) is 0 Å². The van der Waals surface area contributed by atoms with Crippen molar-refractivity contribution >= 4 is 35.8 Å². The lowest BCUT2D eigenvalue weighted by Gasteiger charge is -2.34. The van der Waals surface area contributed by atoms with E-state index in [1.807, 2.05) is 0 Å². The lowest BCUT2D eigenvalue weighted by molar-refractivity contribution is -0.154. The van der Waals surface area contributed by atoms with Crippen molar-refractivity contribution in [1.29, 1.82) is 0 Å². The first-order chi connectivity index (χ1) is 13.3. The molecule has 2 rings (SSSR count). The average molecular weight is 529 g/mol. The Kier molecular flexibility index (Phi) is 10.5. The van der Waals surface area contributed by atoms with E-state index in [4.69, 9.17) is 0 Å². The fourth-order valence-corrected chi connectivity index (χ4v) is 2.98. The van der Waals surface area contributed by atoms with Crippen LogP contribution in [0.5, 0.6) is 5.88 Å². The molecule has 0 spiro atoms. The van der Waals surface area contributed by atoms with Crippen LogP contribution in [0.15, 0.2) is 23.3 Å². The van der Waals surface area contributed by atoms with Crippen LogP contribution in [0.2, 0.25) is 0 Å². The van der Waals surface area contributed by atoms with Gasteiger partial charge in [-0.25, -0.2) is 4.98 Å². The summed E-state index contributed by atoms with van der Waals surface area (Å²) in [4.78, 5) is 21.8. The molecule has 11 heteroatoms. The third kappa shape index (κ3) is 9.05.